The topological polar surface area (TPSA) is 92.8 Å². The van der Waals surface area contributed by atoms with Gasteiger partial charge in [-0.05, 0) is 68.2 Å². The van der Waals surface area contributed by atoms with Crippen LogP contribution in [0.2, 0.25) is 0 Å². The van der Waals surface area contributed by atoms with Crippen LogP contribution in [0.1, 0.15) is 30.6 Å². The van der Waals surface area contributed by atoms with Crippen molar-refractivity contribution < 1.29 is 23.9 Å². The van der Waals surface area contributed by atoms with Crippen molar-refractivity contribution in [3.05, 3.63) is 42.0 Å². The fraction of sp³-hybridized carbons (Fsp3) is 0.478. The Hall–Kier alpha value is -2.96. The van der Waals surface area contributed by atoms with Gasteiger partial charge in [0.2, 0.25) is 17.7 Å². The summed E-state index contributed by atoms with van der Waals surface area (Å²) in [7, 11) is 0. The van der Waals surface area contributed by atoms with Crippen LogP contribution in [-0.4, -0.2) is 41.2 Å². The van der Waals surface area contributed by atoms with E-state index >= 15 is 0 Å². The van der Waals surface area contributed by atoms with Crippen LogP contribution < -0.4 is 5.32 Å². The number of carbonyl (C=O) groups is 4. The number of anilines is 1. The van der Waals surface area contributed by atoms with Gasteiger partial charge in [0.15, 0.2) is 0 Å². The number of likely N-dealkylation sites (tertiary alicyclic amines) is 1. The summed E-state index contributed by atoms with van der Waals surface area (Å²) < 4.78 is 5.14. The summed E-state index contributed by atoms with van der Waals surface area (Å²) in [6.45, 7) is 3.26. The minimum atomic E-state index is -0.432. The molecular weight excluding hydrogens is 384 g/mol. The molecule has 7 nitrogen and oxygen atoms in total. The Labute approximate surface area is 174 Å². The predicted octanol–water partition coefficient (Wildman–Crippen LogP) is 2.24. The highest BCUT2D eigenvalue weighted by Crippen LogP contribution is 2.65. The van der Waals surface area contributed by atoms with Crippen LogP contribution in [0.3, 0.4) is 0 Å². The molecule has 3 fully saturated rings. The molecule has 1 heterocycles. The zero-order valence-electron chi connectivity index (χ0n) is 16.9. The molecule has 4 aliphatic carbocycles. The molecule has 0 aromatic heterocycles. The second kappa shape index (κ2) is 6.79. The minimum Gasteiger partial charge on any atom is -0.459 e. The molecule has 1 saturated heterocycles. The second-order valence-electron chi connectivity index (χ2n) is 9.00. The molecule has 156 valence electrons. The van der Waals surface area contributed by atoms with Gasteiger partial charge in [0.1, 0.15) is 6.54 Å². The van der Waals surface area contributed by atoms with Crippen molar-refractivity contribution in [3.8, 4) is 0 Å². The third-order valence-electron chi connectivity index (χ3n) is 6.80. The van der Waals surface area contributed by atoms with E-state index in [1.165, 1.54) is 0 Å². The molecule has 0 radical (unpaired) electrons. The van der Waals surface area contributed by atoms with Gasteiger partial charge in [0.05, 0.1) is 23.5 Å². The number of nitrogens with one attached hydrogen (secondary N) is 1. The minimum absolute atomic E-state index is 0.146. The number of nitrogens with zero attached hydrogens (tertiary/aromatic N) is 1. The smallest absolute Gasteiger partial charge is 0.338 e. The number of carbonyl (C=O) groups excluding carboxylic acids is 4. The third-order valence-corrected chi connectivity index (χ3v) is 6.80. The molecule has 5 aliphatic rings. The van der Waals surface area contributed by atoms with Gasteiger partial charge in [-0.2, -0.15) is 0 Å². The first kappa shape index (κ1) is 19.0. The number of hydrogen-bond donors (Lipinski definition) is 1. The molecule has 1 N–H and O–H groups in total. The number of amides is 3. The molecule has 1 aromatic rings. The van der Waals surface area contributed by atoms with E-state index < -0.39 is 11.9 Å². The summed E-state index contributed by atoms with van der Waals surface area (Å²) in [5.74, 6) is -0.516. The first-order valence-corrected chi connectivity index (χ1v) is 10.5. The van der Waals surface area contributed by atoms with Gasteiger partial charge < -0.3 is 10.1 Å². The summed E-state index contributed by atoms with van der Waals surface area (Å²) >= 11 is 0. The Kier molecular flexibility index (Phi) is 4.31. The van der Waals surface area contributed by atoms with Gasteiger partial charge in [-0.25, -0.2) is 4.79 Å². The molecule has 30 heavy (non-hydrogen) atoms. The van der Waals surface area contributed by atoms with Crippen LogP contribution in [0, 0.1) is 35.5 Å². The van der Waals surface area contributed by atoms with Crippen molar-refractivity contribution >= 4 is 29.4 Å². The van der Waals surface area contributed by atoms with E-state index in [0.717, 1.165) is 11.3 Å². The number of hydrogen-bond acceptors (Lipinski definition) is 5. The maximum atomic E-state index is 12.9. The van der Waals surface area contributed by atoms with Crippen LogP contribution in [0.15, 0.2) is 36.4 Å². The average Bonchev–Trinajstić information content (AvgIpc) is 3.49. The maximum Gasteiger partial charge on any atom is 0.338 e. The highest BCUT2D eigenvalue weighted by Gasteiger charge is 2.67. The predicted molar refractivity (Wildman–Crippen MR) is 107 cm³/mol. The van der Waals surface area contributed by atoms with Crippen molar-refractivity contribution in [2.24, 2.45) is 35.5 Å². The molecule has 0 spiro atoms. The summed E-state index contributed by atoms with van der Waals surface area (Å²) in [6.07, 6.45) is 5.12. The summed E-state index contributed by atoms with van der Waals surface area (Å²) in [5.41, 5.74) is 0.873. The third kappa shape index (κ3) is 2.95. The van der Waals surface area contributed by atoms with Gasteiger partial charge in [0.25, 0.3) is 0 Å². The highest BCUT2D eigenvalue weighted by atomic mass is 16.5. The Morgan fingerprint density at radius 1 is 1.03 bits per heavy atom. The maximum absolute atomic E-state index is 12.9. The lowest BCUT2D eigenvalue weighted by molar-refractivity contribution is -0.142. The molecule has 6 atom stereocenters. The lowest BCUT2D eigenvalue weighted by atomic mass is 9.63. The van der Waals surface area contributed by atoms with E-state index in [4.69, 9.17) is 4.74 Å². The fourth-order valence-electron chi connectivity index (χ4n) is 5.49. The lowest BCUT2D eigenvalue weighted by Gasteiger charge is -2.37. The summed E-state index contributed by atoms with van der Waals surface area (Å²) in [5, 5.41) is 2.70. The molecule has 1 aromatic carbocycles. The summed E-state index contributed by atoms with van der Waals surface area (Å²) in [4.78, 5) is 51.4. The van der Waals surface area contributed by atoms with E-state index in [1.807, 2.05) is 0 Å². The van der Waals surface area contributed by atoms with E-state index in [-0.39, 0.29) is 48.1 Å². The SMILES string of the molecule is CC(C)OC(=O)c1ccc(NC(=O)CN2C(=O)[C@@H]3[C@@H]4C=C[C@@H]([C@H]5C[C@@H]45)[C@@H]3C2=O)cc1. The molecule has 0 unspecified atom stereocenters. The Balaban J connectivity index is 1.23. The normalized spacial score (nSPS) is 32.8. The number of imide groups is 1. The average molecular weight is 408 g/mol. The zero-order chi connectivity index (χ0) is 21.2. The lowest BCUT2D eigenvalue weighted by Crippen LogP contribution is -2.40. The number of ether oxygens (including phenoxy) is 1. The van der Waals surface area contributed by atoms with Crippen LogP contribution >= 0.6 is 0 Å². The van der Waals surface area contributed by atoms with Crippen molar-refractivity contribution in [2.75, 3.05) is 11.9 Å². The molecule has 3 amide bonds. The summed E-state index contributed by atoms with van der Waals surface area (Å²) in [6, 6.07) is 6.33. The van der Waals surface area contributed by atoms with Crippen molar-refractivity contribution in [3.63, 3.8) is 0 Å². The van der Waals surface area contributed by atoms with Crippen LogP contribution in [0.5, 0.6) is 0 Å². The molecular formula is C23H24N2O5. The van der Waals surface area contributed by atoms with Gasteiger partial charge >= 0.3 is 5.97 Å². The first-order chi connectivity index (χ1) is 14.3. The molecule has 2 bridgehead atoms. The van der Waals surface area contributed by atoms with E-state index in [1.54, 1.807) is 38.1 Å². The van der Waals surface area contributed by atoms with Crippen molar-refractivity contribution in [2.45, 2.75) is 26.4 Å². The molecule has 6 rings (SSSR count). The zero-order valence-corrected chi connectivity index (χ0v) is 16.9. The van der Waals surface area contributed by atoms with Crippen LogP contribution in [0.4, 0.5) is 5.69 Å². The Morgan fingerprint density at radius 3 is 2.13 bits per heavy atom. The largest absolute Gasteiger partial charge is 0.459 e. The number of rotatable bonds is 5. The van der Waals surface area contributed by atoms with Gasteiger partial charge in [-0.1, -0.05) is 12.2 Å². The Bertz CT molecular complexity index is 930. The van der Waals surface area contributed by atoms with E-state index in [0.29, 0.717) is 23.1 Å². The molecule has 1 aliphatic heterocycles. The second-order valence-corrected chi connectivity index (χ2v) is 9.00. The number of allylic oxidation sites excluding steroid dienone is 2. The standard InChI is InChI=1S/C23H24N2O5/c1-11(2)30-23(29)12-3-5-13(6-4-12)24-18(26)10-25-21(27)19-14-7-8-15(17-9-16(14)17)20(19)22(25)28/h3-8,11,14-17,19-20H,9-10H2,1-2H3,(H,24,26)/t14-,15+,16+,17-,19-,20+. The van der Waals surface area contributed by atoms with Gasteiger partial charge in [0, 0.05) is 5.69 Å². The number of esters is 1. The Morgan fingerprint density at radius 2 is 1.60 bits per heavy atom. The fourth-order valence-corrected chi connectivity index (χ4v) is 5.49. The van der Waals surface area contributed by atoms with E-state index in [9.17, 15) is 19.2 Å². The highest BCUT2D eigenvalue weighted by molar-refractivity contribution is 6.09. The first-order valence-electron chi connectivity index (χ1n) is 10.5. The molecule has 2 saturated carbocycles. The van der Waals surface area contributed by atoms with Gasteiger partial charge in [-0.3, -0.25) is 19.3 Å². The molecule has 7 heteroatoms. The number of benzene rings is 1. The van der Waals surface area contributed by atoms with Crippen LogP contribution in [-0.2, 0) is 19.1 Å². The van der Waals surface area contributed by atoms with E-state index in [2.05, 4.69) is 17.5 Å². The monoisotopic (exact) mass is 408 g/mol. The van der Waals surface area contributed by atoms with Crippen molar-refractivity contribution in [1.82, 2.24) is 4.90 Å². The van der Waals surface area contributed by atoms with Crippen molar-refractivity contribution in [1.29, 1.82) is 0 Å². The van der Waals surface area contributed by atoms with Gasteiger partial charge in [-0.15, -0.1) is 0 Å². The quantitative estimate of drug-likeness (QED) is 0.458. The van der Waals surface area contributed by atoms with Crippen LogP contribution in [0.25, 0.3) is 0 Å².